The zero-order valence-corrected chi connectivity index (χ0v) is 12.4. The highest BCUT2D eigenvalue weighted by Gasteiger charge is 2.21. The van der Waals surface area contributed by atoms with Gasteiger partial charge in [0.05, 0.1) is 11.8 Å². The van der Waals surface area contributed by atoms with Gasteiger partial charge in [0.1, 0.15) is 10.0 Å². The first kappa shape index (κ1) is 14.5. The standard InChI is InChI=1S/C11H13N3O4S2/c1-7(2)14-9(3-4-12-14)13-20(17,18)10-5-8(6-19-10)11(15)16/h3-7,13H,1-2H3,(H,15,16). The number of aromatic nitrogens is 2. The number of aromatic carboxylic acids is 1. The van der Waals surface area contributed by atoms with Crippen LogP contribution in [-0.4, -0.2) is 29.3 Å². The van der Waals surface area contributed by atoms with Crippen molar-refractivity contribution in [3.05, 3.63) is 29.3 Å². The number of carboxylic acids is 1. The Balaban J connectivity index is 2.31. The van der Waals surface area contributed by atoms with Gasteiger partial charge >= 0.3 is 5.97 Å². The van der Waals surface area contributed by atoms with Crippen LogP contribution in [0.1, 0.15) is 30.2 Å². The Kier molecular flexibility index (Phi) is 3.82. The van der Waals surface area contributed by atoms with Crippen molar-refractivity contribution < 1.29 is 18.3 Å². The van der Waals surface area contributed by atoms with Crippen molar-refractivity contribution in [2.24, 2.45) is 0 Å². The van der Waals surface area contributed by atoms with E-state index in [0.717, 1.165) is 17.4 Å². The molecule has 108 valence electrons. The summed E-state index contributed by atoms with van der Waals surface area (Å²) >= 11 is 0.860. The molecule has 0 aliphatic rings. The fourth-order valence-corrected chi connectivity index (χ4v) is 3.77. The molecule has 0 unspecified atom stereocenters. The third-order valence-electron chi connectivity index (χ3n) is 2.49. The van der Waals surface area contributed by atoms with Gasteiger partial charge in [-0.2, -0.15) is 5.10 Å². The van der Waals surface area contributed by atoms with E-state index in [4.69, 9.17) is 5.11 Å². The Hall–Kier alpha value is -1.87. The minimum atomic E-state index is -3.81. The Morgan fingerprint density at radius 2 is 2.20 bits per heavy atom. The van der Waals surface area contributed by atoms with Crippen molar-refractivity contribution >= 4 is 33.1 Å². The number of carbonyl (C=O) groups is 1. The third-order valence-corrected chi connectivity index (χ3v) is 5.28. The molecule has 0 aliphatic heterocycles. The molecule has 0 fully saturated rings. The van der Waals surface area contributed by atoms with Gasteiger partial charge in [-0.05, 0) is 19.9 Å². The van der Waals surface area contributed by atoms with E-state index in [1.54, 1.807) is 6.07 Å². The Morgan fingerprint density at radius 1 is 1.50 bits per heavy atom. The molecule has 20 heavy (non-hydrogen) atoms. The van der Waals surface area contributed by atoms with Crippen LogP contribution in [-0.2, 0) is 10.0 Å². The molecule has 0 atom stereocenters. The summed E-state index contributed by atoms with van der Waals surface area (Å²) in [4.78, 5) is 10.8. The summed E-state index contributed by atoms with van der Waals surface area (Å²) in [7, 11) is -3.81. The van der Waals surface area contributed by atoms with Gasteiger partial charge in [-0.25, -0.2) is 17.9 Å². The van der Waals surface area contributed by atoms with Gasteiger partial charge in [0.15, 0.2) is 0 Å². The van der Waals surface area contributed by atoms with Gasteiger partial charge in [-0.15, -0.1) is 11.3 Å². The Morgan fingerprint density at radius 3 is 2.75 bits per heavy atom. The first-order chi connectivity index (χ1) is 9.31. The summed E-state index contributed by atoms with van der Waals surface area (Å²) < 4.78 is 28.2. The van der Waals surface area contributed by atoms with E-state index in [1.165, 1.54) is 16.3 Å². The first-order valence-electron chi connectivity index (χ1n) is 5.69. The van der Waals surface area contributed by atoms with Gasteiger partial charge in [0.2, 0.25) is 0 Å². The predicted molar refractivity (Wildman–Crippen MR) is 74.7 cm³/mol. The van der Waals surface area contributed by atoms with Gasteiger partial charge < -0.3 is 5.11 Å². The highest BCUT2D eigenvalue weighted by molar-refractivity contribution is 7.94. The molecular weight excluding hydrogens is 302 g/mol. The smallest absolute Gasteiger partial charge is 0.336 e. The summed E-state index contributed by atoms with van der Waals surface area (Å²) in [5, 5.41) is 14.1. The Bertz CT molecular complexity index is 730. The van der Waals surface area contributed by atoms with Crippen molar-refractivity contribution in [2.45, 2.75) is 24.1 Å². The monoisotopic (exact) mass is 315 g/mol. The van der Waals surface area contributed by atoms with Crippen LogP contribution in [0.4, 0.5) is 5.82 Å². The molecule has 0 bridgehead atoms. The van der Waals surface area contributed by atoms with Crippen LogP contribution >= 0.6 is 11.3 Å². The summed E-state index contributed by atoms with van der Waals surface area (Å²) in [6.45, 7) is 3.75. The molecule has 0 saturated carbocycles. The second kappa shape index (κ2) is 5.25. The van der Waals surface area contributed by atoms with Crippen LogP contribution in [0.3, 0.4) is 0 Å². The molecule has 2 aromatic heterocycles. The summed E-state index contributed by atoms with van der Waals surface area (Å²) in [6.07, 6.45) is 1.49. The SMILES string of the molecule is CC(C)n1nccc1NS(=O)(=O)c1cc(C(=O)O)cs1. The van der Waals surface area contributed by atoms with E-state index in [1.807, 2.05) is 13.8 Å². The van der Waals surface area contributed by atoms with Crippen molar-refractivity contribution in [1.82, 2.24) is 9.78 Å². The zero-order chi connectivity index (χ0) is 14.9. The number of nitrogens with zero attached hydrogens (tertiary/aromatic N) is 2. The van der Waals surface area contributed by atoms with Gasteiger partial charge in [-0.1, -0.05) is 0 Å². The fraction of sp³-hybridized carbons (Fsp3) is 0.273. The van der Waals surface area contributed by atoms with Crippen LogP contribution in [0.25, 0.3) is 0 Å². The first-order valence-corrected chi connectivity index (χ1v) is 8.05. The number of rotatable bonds is 5. The number of hydrogen-bond acceptors (Lipinski definition) is 5. The molecule has 2 heterocycles. The molecule has 0 aliphatic carbocycles. The zero-order valence-electron chi connectivity index (χ0n) is 10.8. The molecule has 0 saturated heterocycles. The maximum Gasteiger partial charge on any atom is 0.336 e. The van der Waals surface area contributed by atoms with Crippen LogP contribution in [0, 0.1) is 0 Å². The van der Waals surface area contributed by atoms with E-state index in [9.17, 15) is 13.2 Å². The van der Waals surface area contributed by atoms with Crippen LogP contribution in [0.2, 0.25) is 0 Å². The Labute approximate surface area is 119 Å². The fourth-order valence-electron chi connectivity index (χ4n) is 1.56. The normalized spacial score (nSPS) is 11.8. The lowest BCUT2D eigenvalue weighted by Gasteiger charge is -2.12. The number of carboxylic acid groups (broad SMARTS) is 1. The number of hydrogen-bond donors (Lipinski definition) is 2. The van der Waals surface area contributed by atoms with E-state index < -0.39 is 16.0 Å². The molecule has 2 N–H and O–H groups in total. The molecule has 0 amide bonds. The van der Waals surface area contributed by atoms with Crippen LogP contribution < -0.4 is 4.72 Å². The number of thiophene rings is 1. The van der Waals surface area contributed by atoms with Gasteiger partial charge in [0.25, 0.3) is 10.0 Å². The highest BCUT2D eigenvalue weighted by Crippen LogP contribution is 2.24. The van der Waals surface area contributed by atoms with E-state index >= 15 is 0 Å². The minimum absolute atomic E-state index is 0.000571. The summed E-state index contributed by atoms with van der Waals surface area (Å²) in [5.41, 5.74) is -0.0484. The van der Waals surface area contributed by atoms with Crippen molar-refractivity contribution in [1.29, 1.82) is 0 Å². The van der Waals surface area contributed by atoms with Gasteiger partial charge in [-0.3, -0.25) is 4.72 Å². The minimum Gasteiger partial charge on any atom is -0.478 e. The largest absolute Gasteiger partial charge is 0.478 e. The van der Waals surface area contributed by atoms with E-state index in [0.29, 0.717) is 5.82 Å². The lowest BCUT2D eigenvalue weighted by molar-refractivity contribution is 0.0697. The van der Waals surface area contributed by atoms with Crippen molar-refractivity contribution in [3.8, 4) is 0 Å². The number of sulfonamides is 1. The molecule has 2 aromatic rings. The molecular formula is C11H13N3O4S2. The molecule has 0 spiro atoms. The van der Waals surface area contributed by atoms with E-state index in [2.05, 4.69) is 9.82 Å². The molecule has 0 radical (unpaired) electrons. The van der Waals surface area contributed by atoms with Gasteiger partial charge in [0, 0.05) is 17.5 Å². The average molecular weight is 315 g/mol. The third kappa shape index (κ3) is 2.83. The second-order valence-electron chi connectivity index (χ2n) is 4.32. The maximum absolute atomic E-state index is 12.2. The lowest BCUT2D eigenvalue weighted by Crippen LogP contribution is -2.16. The topological polar surface area (TPSA) is 101 Å². The van der Waals surface area contributed by atoms with Crippen LogP contribution in [0.5, 0.6) is 0 Å². The highest BCUT2D eigenvalue weighted by atomic mass is 32.2. The molecule has 2 rings (SSSR count). The maximum atomic E-state index is 12.2. The quantitative estimate of drug-likeness (QED) is 0.879. The van der Waals surface area contributed by atoms with Crippen molar-refractivity contribution in [3.63, 3.8) is 0 Å². The molecule has 0 aromatic carbocycles. The number of nitrogens with one attached hydrogen (secondary N) is 1. The summed E-state index contributed by atoms with van der Waals surface area (Å²) in [5.74, 6) is -0.819. The lowest BCUT2D eigenvalue weighted by atomic mass is 10.4. The predicted octanol–water partition coefficient (Wildman–Crippen LogP) is 2.02. The second-order valence-corrected chi connectivity index (χ2v) is 7.14. The molecule has 9 heteroatoms. The van der Waals surface area contributed by atoms with E-state index in [-0.39, 0.29) is 15.8 Å². The van der Waals surface area contributed by atoms with Crippen LogP contribution in [0.15, 0.2) is 27.9 Å². The number of anilines is 1. The molecule has 7 nitrogen and oxygen atoms in total. The van der Waals surface area contributed by atoms with Crippen molar-refractivity contribution in [2.75, 3.05) is 4.72 Å². The average Bonchev–Trinajstić information content (AvgIpc) is 2.95. The summed E-state index contributed by atoms with van der Waals surface area (Å²) in [6, 6.07) is 2.68.